The van der Waals surface area contributed by atoms with E-state index in [-0.39, 0.29) is 11.5 Å². The lowest BCUT2D eigenvalue weighted by Gasteiger charge is -2.24. The largest absolute Gasteiger partial charge is 0.443 e. The molecular formula is C18H22N4O2. The molecule has 6 nitrogen and oxygen atoms in total. The van der Waals surface area contributed by atoms with Gasteiger partial charge in [-0.05, 0) is 51.9 Å². The van der Waals surface area contributed by atoms with Gasteiger partial charge < -0.3 is 14.6 Å². The molecule has 1 atom stereocenters. The van der Waals surface area contributed by atoms with E-state index in [1.54, 1.807) is 23.9 Å². The highest BCUT2D eigenvalue weighted by Crippen LogP contribution is 2.34. The molecule has 2 aromatic rings. The Kier molecular flexibility index (Phi) is 4.45. The SMILES string of the molecule is Cc1oc(-n2cccc2)c(C#N)c1C(=O)NC[C@H](C1CC1)N(C)C. The van der Waals surface area contributed by atoms with E-state index in [2.05, 4.69) is 16.3 Å². The van der Waals surface area contributed by atoms with E-state index in [1.165, 1.54) is 12.8 Å². The van der Waals surface area contributed by atoms with Gasteiger partial charge in [0.15, 0.2) is 0 Å². The van der Waals surface area contributed by atoms with Crippen LogP contribution in [0.1, 0.15) is 34.5 Å². The van der Waals surface area contributed by atoms with Gasteiger partial charge in [-0.1, -0.05) is 0 Å². The van der Waals surface area contributed by atoms with Gasteiger partial charge in [0, 0.05) is 25.0 Å². The van der Waals surface area contributed by atoms with E-state index in [9.17, 15) is 10.1 Å². The summed E-state index contributed by atoms with van der Waals surface area (Å²) in [5, 5.41) is 12.5. The summed E-state index contributed by atoms with van der Waals surface area (Å²) in [4.78, 5) is 14.8. The molecule has 126 valence electrons. The molecular weight excluding hydrogens is 304 g/mol. The van der Waals surface area contributed by atoms with Crippen LogP contribution in [0.5, 0.6) is 0 Å². The normalized spacial score (nSPS) is 15.3. The van der Waals surface area contributed by atoms with Crippen molar-refractivity contribution in [3.05, 3.63) is 41.4 Å². The van der Waals surface area contributed by atoms with Crippen molar-refractivity contribution in [2.75, 3.05) is 20.6 Å². The standard InChI is InChI=1S/C18H22N4O2/c1-12-16(14(10-19)18(24-12)22-8-4-5-9-22)17(23)20-11-15(21(2)3)13-6-7-13/h4-5,8-9,13,15H,6-7,11H2,1-3H3,(H,20,23)/t15-/m1/s1. The molecule has 0 aromatic carbocycles. The second-order valence-electron chi connectivity index (χ2n) is 6.49. The summed E-state index contributed by atoms with van der Waals surface area (Å²) >= 11 is 0. The smallest absolute Gasteiger partial charge is 0.256 e. The van der Waals surface area contributed by atoms with Crippen LogP contribution in [-0.4, -0.2) is 42.1 Å². The Morgan fingerprint density at radius 1 is 1.46 bits per heavy atom. The van der Waals surface area contributed by atoms with Gasteiger partial charge in [-0.25, -0.2) is 0 Å². The van der Waals surface area contributed by atoms with Gasteiger partial charge in [0.2, 0.25) is 5.88 Å². The molecule has 1 amide bonds. The number of amides is 1. The Morgan fingerprint density at radius 2 is 2.12 bits per heavy atom. The first-order valence-electron chi connectivity index (χ1n) is 8.14. The topological polar surface area (TPSA) is 74.2 Å². The first-order valence-corrected chi connectivity index (χ1v) is 8.14. The molecule has 2 aromatic heterocycles. The fraction of sp³-hybridized carbons (Fsp3) is 0.444. The number of nitrogens with one attached hydrogen (secondary N) is 1. The lowest BCUT2D eigenvalue weighted by Crippen LogP contribution is -2.41. The van der Waals surface area contributed by atoms with Gasteiger partial charge in [0.1, 0.15) is 23.0 Å². The van der Waals surface area contributed by atoms with Crippen LogP contribution in [0.15, 0.2) is 28.9 Å². The van der Waals surface area contributed by atoms with Gasteiger partial charge in [-0.15, -0.1) is 0 Å². The van der Waals surface area contributed by atoms with Gasteiger partial charge in [0.25, 0.3) is 5.91 Å². The van der Waals surface area contributed by atoms with Crippen molar-refractivity contribution in [2.45, 2.75) is 25.8 Å². The molecule has 0 unspecified atom stereocenters. The van der Waals surface area contributed by atoms with Gasteiger partial charge in [-0.2, -0.15) is 5.26 Å². The predicted octanol–water partition coefficient (Wildman–Crippen LogP) is 2.32. The monoisotopic (exact) mass is 326 g/mol. The molecule has 1 fully saturated rings. The zero-order valence-corrected chi connectivity index (χ0v) is 14.2. The van der Waals surface area contributed by atoms with Crippen LogP contribution in [0, 0.1) is 24.2 Å². The van der Waals surface area contributed by atoms with E-state index in [1.807, 2.05) is 26.2 Å². The van der Waals surface area contributed by atoms with Crippen LogP contribution in [0.25, 0.3) is 5.88 Å². The van der Waals surface area contributed by atoms with E-state index in [0.717, 1.165) is 0 Å². The number of rotatable bonds is 6. The number of nitriles is 1. The molecule has 0 bridgehead atoms. The summed E-state index contributed by atoms with van der Waals surface area (Å²) in [5.74, 6) is 1.24. The molecule has 0 spiro atoms. The summed E-state index contributed by atoms with van der Waals surface area (Å²) in [6.45, 7) is 2.29. The van der Waals surface area contributed by atoms with E-state index >= 15 is 0 Å². The van der Waals surface area contributed by atoms with Gasteiger partial charge >= 0.3 is 0 Å². The number of hydrogen-bond acceptors (Lipinski definition) is 4. The molecule has 0 saturated heterocycles. The number of nitrogens with zero attached hydrogens (tertiary/aromatic N) is 3. The second kappa shape index (κ2) is 6.54. The highest BCUT2D eigenvalue weighted by atomic mass is 16.4. The molecule has 2 heterocycles. The summed E-state index contributed by atoms with van der Waals surface area (Å²) < 4.78 is 7.39. The Labute approximate surface area is 141 Å². The zero-order valence-electron chi connectivity index (χ0n) is 14.2. The number of aromatic nitrogens is 1. The Balaban J connectivity index is 1.81. The van der Waals surface area contributed by atoms with Crippen molar-refractivity contribution < 1.29 is 9.21 Å². The van der Waals surface area contributed by atoms with Crippen LogP contribution in [0.4, 0.5) is 0 Å². The minimum absolute atomic E-state index is 0.251. The zero-order chi connectivity index (χ0) is 17.3. The minimum Gasteiger partial charge on any atom is -0.443 e. The summed E-state index contributed by atoms with van der Waals surface area (Å²) in [6, 6.07) is 6.13. The maximum atomic E-state index is 12.6. The Bertz CT molecular complexity index is 762. The summed E-state index contributed by atoms with van der Waals surface area (Å²) in [7, 11) is 4.06. The van der Waals surface area contributed by atoms with E-state index in [0.29, 0.717) is 35.7 Å². The quantitative estimate of drug-likeness (QED) is 0.884. The van der Waals surface area contributed by atoms with E-state index in [4.69, 9.17) is 4.42 Å². The fourth-order valence-electron chi connectivity index (χ4n) is 3.10. The van der Waals surface area contributed by atoms with Crippen LogP contribution < -0.4 is 5.32 Å². The van der Waals surface area contributed by atoms with Crippen molar-refractivity contribution in [2.24, 2.45) is 5.92 Å². The van der Waals surface area contributed by atoms with Crippen LogP contribution in [0.3, 0.4) is 0 Å². The summed E-state index contributed by atoms with van der Waals surface area (Å²) in [5.41, 5.74) is 0.600. The number of hydrogen-bond donors (Lipinski definition) is 1. The third kappa shape index (κ3) is 3.08. The molecule has 1 saturated carbocycles. The Morgan fingerprint density at radius 3 is 2.67 bits per heavy atom. The van der Waals surface area contributed by atoms with Crippen LogP contribution in [-0.2, 0) is 0 Å². The maximum Gasteiger partial charge on any atom is 0.256 e. The number of carbonyl (C=O) groups is 1. The van der Waals surface area contributed by atoms with Gasteiger partial charge in [0.05, 0.1) is 0 Å². The number of likely N-dealkylation sites (N-methyl/N-ethyl adjacent to an activating group) is 1. The molecule has 0 radical (unpaired) electrons. The lowest BCUT2D eigenvalue weighted by atomic mass is 10.1. The number of furan rings is 1. The average molecular weight is 326 g/mol. The number of aryl methyl sites for hydroxylation is 1. The van der Waals surface area contributed by atoms with Gasteiger partial charge in [-0.3, -0.25) is 9.36 Å². The van der Waals surface area contributed by atoms with E-state index < -0.39 is 0 Å². The van der Waals surface area contributed by atoms with Crippen molar-refractivity contribution in [3.63, 3.8) is 0 Å². The first kappa shape index (κ1) is 16.3. The minimum atomic E-state index is -0.251. The third-order valence-electron chi connectivity index (χ3n) is 4.54. The van der Waals surface area contributed by atoms with Crippen LogP contribution >= 0.6 is 0 Å². The molecule has 24 heavy (non-hydrogen) atoms. The molecule has 0 aliphatic heterocycles. The van der Waals surface area contributed by atoms with Crippen molar-refractivity contribution in [1.82, 2.24) is 14.8 Å². The molecule has 6 heteroatoms. The lowest BCUT2D eigenvalue weighted by molar-refractivity contribution is 0.0937. The van der Waals surface area contributed by atoms with Crippen molar-refractivity contribution in [3.8, 4) is 12.0 Å². The van der Waals surface area contributed by atoms with Crippen molar-refractivity contribution in [1.29, 1.82) is 5.26 Å². The maximum absolute atomic E-state index is 12.6. The fourth-order valence-corrected chi connectivity index (χ4v) is 3.10. The highest BCUT2D eigenvalue weighted by Gasteiger charge is 2.33. The molecule has 3 rings (SSSR count). The highest BCUT2D eigenvalue weighted by molar-refractivity contribution is 5.98. The van der Waals surface area contributed by atoms with Crippen molar-refractivity contribution >= 4 is 5.91 Å². The molecule has 1 aliphatic rings. The average Bonchev–Trinajstić information content (AvgIpc) is 3.11. The second-order valence-corrected chi connectivity index (χ2v) is 6.49. The molecule has 1 aliphatic carbocycles. The number of carbonyl (C=O) groups excluding carboxylic acids is 1. The Hall–Kier alpha value is -2.52. The third-order valence-corrected chi connectivity index (χ3v) is 4.54. The molecule has 1 N–H and O–H groups in total. The van der Waals surface area contributed by atoms with Crippen LogP contribution in [0.2, 0.25) is 0 Å². The predicted molar refractivity (Wildman–Crippen MR) is 90.0 cm³/mol. The summed E-state index contributed by atoms with van der Waals surface area (Å²) in [6.07, 6.45) is 6.00. The first-order chi connectivity index (χ1) is 11.5.